The molecule has 0 radical (unpaired) electrons. The Labute approximate surface area is 201 Å². The highest BCUT2D eigenvalue weighted by Crippen LogP contribution is 2.29. The molecule has 7 nitrogen and oxygen atoms in total. The summed E-state index contributed by atoms with van der Waals surface area (Å²) in [5, 5.41) is 11.0. The van der Waals surface area contributed by atoms with E-state index in [1.807, 2.05) is 40.9 Å². The van der Waals surface area contributed by atoms with Crippen LogP contribution in [0.4, 0.5) is 0 Å². The van der Waals surface area contributed by atoms with E-state index in [2.05, 4.69) is 20.9 Å². The van der Waals surface area contributed by atoms with Crippen molar-refractivity contribution in [2.45, 2.75) is 19.2 Å². The van der Waals surface area contributed by atoms with Gasteiger partial charge in [0.2, 0.25) is 0 Å². The van der Waals surface area contributed by atoms with Gasteiger partial charge in [0, 0.05) is 30.0 Å². The molecule has 9 heteroatoms. The van der Waals surface area contributed by atoms with Gasteiger partial charge in [0.15, 0.2) is 11.5 Å². The number of benzene rings is 2. The number of aromatic nitrogens is 2. The summed E-state index contributed by atoms with van der Waals surface area (Å²) in [5.74, 6) is 2.02. The van der Waals surface area contributed by atoms with Crippen LogP contribution in [-0.2, 0) is 13.1 Å². The van der Waals surface area contributed by atoms with Gasteiger partial charge in [0.1, 0.15) is 25.1 Å². The Morgan fingerprint density at radius 2 is 2.03 bits per heavy atom. The summed E-state index contributed by atoms with van der Waals surface area (Å²) in [7, 11) is 3.58. The number of nitrogens with zero attached hydrogens (tertiary/aromatic N) is 3. The summed E-state index contributed by atoms with van der Waals surface area (Å²) >= 11 is 9.35. The lowest BCUT2D eigenvalue weighted by molar-refractivity contribution is 0.0743. The van der Waals surface area contributed by atoms with E-state index < -0.39 is 6.10 Å². The SMILES string of the molecule is COc1cc(CN(C)CC(O)COc2ccc(Cl)c(Br)c2)ccc1OCCn1ccnc1. The number of hydrogen-bond donors (Lipinski definition) is 1. The molecule has 2 aromatic carbocycles. The zero-order valence-electron chi connectivity index (χ0n) is 18.1. The Hall–Kier alpha value is -2.26. The van der Waals surface area contributed by atoms with Crippen molar-refractivity contribution < 1.29 is 19.3 Å². The first-order valence-electron chi connectivity index (χ1n) is 10.1. The fourth-order valence-electron chi connectivity index (χ4n) is 3.16. The first-order chi connectivity index (χ1) is 15.4. The molecule has 0 fully saturated rings. The van der Waals surface area contributed by atoms with E-state index in [1.165, 1.54) is 0 Å². The number of ether oxygens (including phenoxy) is 3. The second-order valence-electron chi connectivity index (χ2n) is 7.37. The second-order valence-corrected chi connectivity index (χ2v) is 8.63. The fourth-order valence-corrected chi connectivity index (χ4v) is 3.63. The van der Waals surface area contributed by atoms with Gasteiger partial charge in [-0.1, -0.05) is 17.7 Å². The molecule has 0 saturated carbocycles. The van der Waals surface area contributed by atoms with Crippen molar-refractivity contribution in [3.8, 4) is 17.2 Å². The molecule has 1 N–H and O–H groups in total. The Balaban J connectivity index is 1.46. The molecular weight excluding hydrogens is 498 g/mol. The molecule has 1 atom stereocenters. The molecule has 172 valence electrons. The average molecular weight is 525 g/mol. The number of imidazole rings is 1. The minimum absolute atomic E-state index is 0.186. The summed E-state index contributed by atoms with van der Waals surface area (Å²) in [4.78, 5) is 6.05. The molecule has 0 aliphatic carbocycles. The van der Waals surface area contributed by atoms with Crippen LogP contribution in [0.5, 0.6) is 17.2 Å². The number of aliphatic hydroxyl groups excluding tert-OH is 1. The third-order valence-corrected chi connectivity index (χ3v) is 5.92. The highest BCUT2D eigenvalue weighted by atomic mass is 79.9. The molecule has 1 heterocycles. The van der Waals surface area contributed by atoms with Crippen LogP contribution >= 0.6 is 27.5 Å². The molecule has 32 heavy (non-hydrogen) atoms. The van der Waals surface area contributed by atoms with Gasteiger partial charge in [-0.05, 0) is 58.9 Å². The zero-order chi connectivity index (χ0) is 22.9. The van der Waals surface area contributed by atoms with E-state index in [0.29, 0.717) is 48.5 Å². The average Bonchev–Trinajstić information content (AvgIpc) is 3.29. The van der Waals surface area contributed by atoms with Gasteiger partial charge in [0.25, 0.3) is 0 Å². The summed E-state index contributed by atoms with van der Waals surface area (Å²) in [6, 6.07) is 11.2. The van der Waals surface area contributed by atoms with E-state index in [4.69, 9.17) is 25.8 Å². The van der Waals surface area contributed by atoms with Crippen LogP contribution in [-0.4, -0.2) is 59.6 Å². The minimum Gasteiger partial charge on any atom is -0.493 e. The predicted octanol–water partition coefficient (Wildman–Crippen LogP) is 4.26. The third-order valence-electron chi connectivity index (χ3n) is 4.70. The largest absolute Gasteiger partial charge is 0.493 e. The standard InChI is InChI=1S/C23H27BrClN3O4/c1-27(14-18(29)15-32-19-4-5-21(25)20(24)12-19)13-17-3-6-22(23(11-17)30-2)31-10-9-28-8-7-26-16-28/h3-8,11-12,16,18,29H,9-10,13-15H2,1-2H3. The van der Waals surface area contributed by atoms with E-state index in [-0.39, 0.29) is 6.61 Å². The molecule has 0 amide bonds. The van der Waals surface area contributed by atoms with E-state index in [0.717, 1.165) is 10.0 Å². The lowest BCUT2D eigenvalue weighted by Gasteiger charge is -2.21. The molecule has 1 unspecified atom stereocenters. The second kappa shape index (κ2) is 12.1. The van der Waals surface area contributed by atoms with Crippen molar-refractivity contribution in [1.82, 2.24) is 14.5 Å². The predicted molar refractivity (Wildman–Crippen MR) is 128 cm³/mol. The highest BCUT2D eigenvalue weighted by Gasteiger charge is 2.12. The van der Waals surface area contributed by atoms with Crippen molar-refractivity contribution in [3.05, 3.63) is 70.2 Å². The van der Waals surface area contributed by atoms with Crippen molar-refractivity contribution in [2.75, 3.05) is 33.9 Å². The number of rotatable bonds is 12. The maximum atomic E-state index is 10.3. The van der Waals surface area contributed by atoms with Crippen LogP contribution in [0.2, 0.25) is 5.02 Å². The molecule has 0 saturated heterocycles. The number of likely N-dealkylation sites (N-methyl/N-ethyl adjacent to an activating group) is 1. The Morgan fingerprint density at radius 1 is 1.19 bits per heavy atom. The molecule has 1 aromatic heterocycles. The summed E-state index contributed by atoms with van der Waals surface area (Å²) < 4.78 is 19.7. The van der Waals surface area contributed by atoms with Crippen LogP contribution in [0.3, 0.4) is 0 Å². The maximum Gasteiger partial charge on any atom is 0.161 e. The van der Waals surface area contributed by atoms with E-state index in [1.54, 1.807) is 37.8 Å². The molecular formula is C23H27BrClN3O4. The fraction of sp³-hybridized carbons (Fsp3) is 0.348. The van der Waals surface area contributed by atoms with E-state index in [9.17, 15) is 5.11 Å². The summed E-state index contributed by atoms with van der Waals surface area (Å²) in [6.45, 7) is 2.52. The van der Waals surface area contributed by atoms with Crippen LogP contribution in [0.1, 0.15) is 5.56 Å². The van der Waals surface area contributed by atoms with Crippen molar-refractivity contribution in [2.24, 2.45) is 0 Å². The molecule has 0 spiro atoms. The monoisotopic (exact) mass is 523 g/mol. The minimum atomic E-state index is -0.637. The van der Waals surface area contributed by atoms with Gasteiger partial charge in [0.05, 0.1) is 25.0 Å². The van der Waals surface area contributed by atoms with Gasteiger partial charge >= 0.3 is 0 Å². The smallest absolute Gasteiger partial charge is 0.161 e. The van der Waals surface area contributed by atoms with Crippen molar-refractivity contribution in [1.29, 1.82) is 0 Å². The maximum absolute atomic E-state index is 10.3. The Bertz CT molecular complexity index is 987. The van der Waals surface area contributed by atoms with Crippen molar-refractivity contribution in [3.63, 3.8) is 0 Å². The topological polar surface area (TPSA) is 69.0 Å². The molecule has 3 aromatic rings. The summed E-state index contributed by atoms with van der Waals surface area (Å²) in [5.41, 5.74) is 1.06. The number of halogens is 2. The van der Waals surface area contributed by atoms with Gasteiger partial charge in [-0.2, -0.15) is 0 Å². The van der Waals surface area contributed by atoms with Gasteiger partial charge in [-0.15, -0.1) is 0 Å². The number of hydrogen-bond acceptors (Lipinski definition) is 6. The first-order valence-corrected chi connectivity index (χ1v) is 11.3. The van der Waals surface area contributed by atoms with Crippen molar-refractivity contribution >= 4 is 27.5 Å². The van der Waals surface area contributed by atoms with Gasteiger partial charge in [-0.3, -0.25) is 4.90 Å². The van der Waals surface area contributed by atoms with Crippen LogP contribution in [0.25, 0.3) is 0 Å². The Kier molecular flexibility index (Phi) is 9.23. The molecule has 3 rings (SSSR count). The van der Waals surface area contributed by atoms with Crippen LogP contribution < -0.4 is 14.2 Å². The normalized spacial score (nSPS) is 12.1. The van der Waals surface area contributed by atoms with Gasteiger partial charge in [-0.25, -0.2) is 4.98 Å². The summed E-state index contributed by atoms with van der Waals surface area (Å²) in [6.07, 6.45) is 4.76. The molecule has 0 aliphatic heterocycles. The third kappa shape index (κ3) is 7.41. The number of aliphatic hydroxyl groups is 1. The van der Waals surface area contributed by atoms with Crippen LogP contribution in [0, 0.1) is 0 Å². The number of methoxy groups -OCH3 is 1. The lowest BCUT2D eigenvalue weighted by atomic mass is 10.2. The van der Waals surface area contributed by atoms with E-state index >= 15 is 0 Å². The molecule has 0 bridgehead atoms. The van der Waals surface area contributed by atoms with Gasteiger partial charge < -0.3 is 23.9 Å². The molecule has 0 aliphatic rings. The Morgan fingerprint density at radius 3 is 2.75 bits per heavy atom. The highest BCUT2D eigenvalue weighted by molar-refractivity contribution is 9.10. The van der Waals surface area contributed by atoms with Crippen LogP contribution in [0.15, 0.2) is 59.6 Å². The lowest BCUT2D eigenvalue weighted by Crippen LogP contribution is -2.32. The quantitative estimate of drug-likeness (QED) is 0.382. The zero-order valence-corrected chi connectivity index (χ0v) is 20.4. The first kappa shape index (κ1) is 24.4.